The zero-order valence-electron chi connectivity index (χ0n) is 17.5. The van der Waals surface area contributed by atoms with Gasteiger partial charge in [-0.1, -0.05) is 66.7 Å². The van der Waals surface area contributed by atoms with Gasteiger partial charge in [-0.25, -0.2) is 4.79 Å². The smallest absolute Gasteiger partial charge is 0.319 e. The van der Waals surface area contributed by atoms with Gasteiger partial charge in [0, 0.05) is 18.4 Å². The average molecular weight is 428 g/mol. The highest BCUT2D eigenvalue weighted by molar-refractivity contribution is 6.02. The lowest BCUT2D eigenvalue weighted by Gasteiger charge is -2.34. The van der Waals surface area contributed by atoms with Gasteiger partial charge in [0.05, 0.1) is 11.7 Å². The number of hydrogen-bond donors (Lipinski definition) is 3. The highest BCUT2D eigenvalue weighted by Crippen LogP contribution is 2.25. The molecule has 7 nitrogen and oxygen atoms in total. The molecule has 0 unspecified atom stereocenters. The van der Waals surface area contributed by atoms with Crippen LogP contribution in [0.15, 0.2) is 72.8 Å². The van der Waals surface area contributed by atoms with Gasteiger partial charge in [-0.15, -0.1) is 0 Å². The summed E-state index contributed by atoms with van der Waals surface area (Å²) in [6.07, 6.45) is 0.854. The van der Waals surface area contributed by atoms with Gasteiger partial charge in [-0.2, -0.15) is 0 Å². The third kappa shape index (κ3) is 3.89. The Bertz CT molecular complexity index is 1170. The van der Waals surface area contributed by atoms with E-state index in [-0.39, 0.29) is 23.9 Å². The van der Waals surface area contributed by atoms with Gasteiger partial charge >= 0.3 is 6.03 Å². The number of rotatable bonds is 4. The van der Waals surface area contributed by atoms with Gasteiger partial charge in [0.25, 0.3) is 0 Å². The van der Waals surface area contributed by atoms with Crippen molar-refractivity contribution in [2.24, 2.45) is 0 Å². The van der Waals surface area contributed by atoms with E-state index in [2.05, 4.69) is 16.0 Å². The van der Waals surface area contributed by atoms with Gasteiger partial charge in [0.1, 0.15) is 12.1 Å². The Labute approximate surface area is 185 Å². The van der Waals surface area contributed by atoms with Crippen LogP contribution in [0.25, 0.3) is 10.8 Å². The molecule has 4 amide bonds. The number of nitrogens with zero attached hydrogens (tertiary/aromatic N) is 1. The summed E-state index contributed by atoms with van der Waals surface area (Å²) in [6.45, 7) is 0.325. The number of amides is 4. The van der Waals surface area contributed by atoms with Crippen LogP contribution in [-0.2, 0) is 16.0 Å². The lowest BCUT2D eigenvalue weighted by Crippen LogP contribution is -2.61. The molecule has 3 atom stereocenters. The summed E-state index contributed by atoms with van der Waals surface area (Å²) in [7, 11) is 0. The van der Waals surface area contributed by atoms with E-state index in [1.165, 1.54) is 0 Å². The normalized spacial score (nSPS) is 22.4. The summed E-state index contributed by atoms with van der Waals surface area (Å²) in [4.78, 5) is 39.9. The van der Waals surface area contributed by atoms with E-state index in [1.807, 2.05) is 72.8 Å². The number of anilines is 1. The Morgan fingerprint density at radius 2 is 1.72 bits per heavy atom. The summed E-state index contributed by atoms with van der Waals surface area (Å²) in [5.74, 6) is -0.262. The molecule has 2 saturated heterocycles. The second-order valence-corrected chi connectivity index (χ2v) is 8.32. The fraction of sp³-hybridized carbons (Fsp3) is 0.240. The molecule has 0 aromatic heterocycles. The van der Waals surface area contributed by atoms with Crippen molar-refractivity contribution in [1.29, 1.82) is 0 Å². The minimum absolute atomic E-state index is 0.0998. The van der Waals surface area contributed by atoms with E-state index in [9.17, 15) is 14.4 Å². The van der Waals surface area contributed by atoms with Crippen molar-refractivity contribution in [3.05, 3.63) is 78.4 Å². The molecule has 0 radical (unpaired) electrons. The lowest BCUT2D eigenvalue weighted by molar-refractivity contribution is -0.147. The Kier molecular flexibility index (Phi) is 5.23. The van der Waals surface area contributed by atoms with Gasteiger partial charge in [0.2, 0.25) is 11.8 Å². The van der Waals surface area contributed by atoms with Crippen molar-refractivity contribution in [2.45, 2.75) is 31.0 Å². The lowest BCUT2D eigenvalue weighted by atomic mass is 10.0. The first-order chi connectivity index (χ1) is 15.6. The first kappa shape index (κ1) is 20.1. The molecule has 0 aliphatic carbocycles. The van der Waals surface area contributed by atoms with E-state index in [0.29, 0.717) is 25.1 Å². The van der Waals surface area contributed by atoms with E-state index < -0.39 is 12.1 Å². The number of hydrogen-bond acceptors (Lipinski definition) is 3. The van der Waals surface area contributed by atoms with E-state index in [1.54, 1.807) is 4.90 Å². The van der Waals surface area contributed by atoms with Crippen LogP contribution in [-0.4, -0.2) is 47.4 Å². The topological polar surface area (TPSA) is 90.5 Å². The van der Waals surface area contributed by atoms with Crippen LogP contribution < -0.4 is 16.0 Å². The zero-order chi connectivity index (χ0) is 22.1. The van der Waals surface area contributed by atoms with Gasteiger partial charge in [0.15, 0.2) is 0 Å². The zero-order valence-corrected chi connectivity index (χ0v) is 17.5. The van der Waals surface area contributed by atoms with Crippen molar-refractivity contribution >= 4 is 34.3 Å². The molecule has 2 aliphatic rings. The number of urea groups is 1. The van der Waals surface area contributed by atoms with E-state index in [0.717, 1.165) is 16.3 Å². The van der Waals surface area contributed by atoms with Crippen LogP contribution in [0.1, 0.15) is 12.0 Å². The van der Waals surface area contributed by atoms with Crippen molar-refractivity contribution in [2.75, 3.05) is 11.9 Å². The Hall–Kier alpha value is -3.87. The first-order valence-corrected chi connectivity index (χ1v) is 10.8. The minimum atomic E-state index is -0.579. The van der Waals surface area contributed by atoms with E-state index in [4.69, 9.17) is 0 Å². The molecule has 2 aliphatic heterocycles. The largest absolute Gasteiger partial charge is 0.342 e. The molecule has 3 aromatic carbocycles. The maximum Gasteiger partial charge on any atom is 0.319 e. The molecule has 0 bridgehead atoms. The van der Waals surface area contributed by atoms with Crippen LogP contribution in [0.2, 0.25) is 0 Å². The van der Waals surface area contributed by atoms with Crippen LogP contribution in [0.5, 0.6) is 0 Å². The van der Waals surface area contributed by atoms with Crippen LogP contribution >= 0.6 is 0 Å². The van der Waals surface area contributed by atoms with Crippen LogP contribution in [0.3, 0.4) is 0 Å². The highest BCUT2D eigenvalue weighted by atomic mass is 16.2. The second-order valence-electron chi connectivity index (χ2n) is 8.32. The van der Waals surface area contributed by atoms with Crippen molar-refractivity contribution in [3.8, 4) is 0 Å². The summed E-state index contributed by atoms with van der Waals surface area (Å²) in [6, 6.07) is 21.4. The number of carbonyl (C=O) groups is 3. The van der Waals surface area contributed by atoms with Gasteiger partial charge in [-0.05, 0) is 23.4 Å². The van der Waals surface area contributed by atoms with E-state index >= 15 is 0 Å². The third-order valence-corrected chi connectivity index (χ3v) is 6.16. The second kappa shape index (κ2) is 8.34. The maximum atomic E-state index is 13.0. The van der Waals surface area contributed by atoms with Gasteiger partial charge < -0.3 is 20.9 Å². The molecule has 2 heterocycles. The van der Waals surface area contributed by atoms with Crippen LogP contribution in [0.4, 0.5) is 10.5 Å². The third-order valence-electron chi connectivity index (χ3n) is 6.16. The molecule has 32 heavy (non-hydrogen) atoms. The monoisotopic (exact) mass is 428 g/mol. The first-order valence-electron chi connectivity index (χ1n) is 10.8. The standard InChI is InChI=1S/C25H24N4O3/c30-23-22-14-18(15-29(22)24(31)21(27-23)13-16-7-2-1-3-8-16)26-25(32)28-20-12-6-10-17-9-4-5-11-19(17)20/h1-12,18,21-22H,13-15H2,(H,27,30)(H2,26,28,32)/t18-,21+,22-/m0/s1. The summed E-state index contributed by atoms with van der Waals surface area (Å²) in [5, 5.41) is 10.7. The SMILES string of the molecule is O=C(Nc1cccc2ccccc12)N[C@H]1C[C@H]2C(=O)N[C@H](Cc3ccccc3)C(=O)N2C1. The predicted molar refractivity (Wildman–Crippen MR) is 122 cm³/mol. The summed E-state index contributed by atoms with van der Waals surface area (Å²) < 4.78 is 0. The molecule has 162 valence electrons. The van der Waals surface area contributed by atoms with Crippen molar-refractivity contribution < 1.29 is 14.4 Å². The Morgan fingerprint density at radius 3 is 2.56 bits per heavy atom. The molecule has 2 fully saturated rings. The number of fused-ring (bicyclic) bond motifs is 2. The predicted octanol–water partition coefficient (Wildman–Crippen LogP) is 2.67. The summed E-state index contributed by atoms with van der Waals surface area (Å²) in [5.41, 5.74) is 1.71. The number of carbonyl (C=O) groups excluding carboxylic acids is 3. The quantitative estimate of drug-likeness (QED) is 0.597. The maximum absolute atomic E-state index is 13.0. The number of benzene rings is 3. The van der Waals surface area contributed by atoms with Crippen molar-refractivity contribution in [3.63, 3.8) is 0 Å². The average Bonchev–Trinajstić information content (AvgIpc) is 3.23. The molecule has 3 N–H and O–H groups in total. The molecular weight excluding hydrogens is 404 g/mol. The molecule has 5 rings (SSSR count). The fourth-order valence-corrected chi connectivity index (χ4v) is 4.63. The molecule has 0 saturated carbocycles. The Morgan fingerprint density at radius 1 is 0.969 bits per heavy atom. The molecular formula is C25H24N4O3. The highest BCUT2D eigenvalue weighted by Gasteiger charge is 2.46. The fourth-order valence-electron chi connectivity index (χ4n) is 4.63. The summed E-state index contributed by atoms with van der Waals surface area (Å²) >= 11 is 0. The number of nitrogens with one attached hydrogen (secondary N) is 3. The number of piperazine rings is 1. The molecule has 3 aromatic rings. The molecule has 7 heteroatoms. The van der Waals surface area contributed by atoms with Crippen molar-refractivity contribution in [1.82, 2.24) is 15.5 Å². The van der Waals surface area contributed by atoms with Gasteiger partial charge in [-0.3, -0.25) is 9.59 Å². The minimum Gasteiger partial charge on any atom is -0.342 e. The van der Waals surface area contributed by atoms with Crippen LogP contribution in [0, 0.1) is 0 Å². The molecule has 0 spiro atoms. The Balaban J connectivity index is 1.24.